The van der Waals surface area contributed by atoms with Crippen LogP contribution in [0.3, 0.4) is 0 Å². The maximum atomic E-state index is 12.3. The van der Waals surface area contributed by atoms with Crippen molar-refractivity contribution in [3.63, 3.8) is 0 Å². The van der Waals surface area contributed by atoms with E-state index in [2.05, 4.69) is 11.8 Å². The molecule has 0 bridgehead atoms. The van der Waals surface area contributed by atoms with Crippen molar-refractivity contribution in [1.29, 1.82) is 0 Å². The Labute approximate surface area is 142 Å². The molecule has 1 heterocycles. The minimum absolute atomic E-state index is 0.0585. The fourth-order valence-corrected chi connectivity index (χ4v) is 3.07. The summed E-state index contributed by atoms with van der Waals surface area (Å²) in [7, 11) is 0. The van der Waals surface area contributed by atoms with E-state index >= 15 is 0 Å². The van der Waals surface area contributed by atoms with Crippen LogP contribution in [0, 0.1) is 10.1 Å². The molecule has 7 nitrogen and oxygen atoms in total. The summed E-state index contributed by atoms with van der Waals surface area (Å²) in [6, 6.07) is 6.61. The number of aliphatic hydroxyl groups excluding tert-OH is 1. The Morgan fingerprint density at radius 2 is 2.04 bits per heavy atom. The van der Waals surface area contributed by atoms with E-state index in [4.69, 9.17) is 0 Å². The van der Waals surface area contributed by atoms with Crippen molar-refractivity contribution in [2.24, 2.45) is 0 Å². The van der Waals surface area contributed by atoms with Gasteiger partial charge in [0.1, 0.15) is 0 Å². The Morgan fingerprint density at radius 1 is 1.33 bits per heavy atom. The second-order valence-corrected chi connectivity index (χ2v) is 6.09. The lowest BCUT2D eigenvalue weighted by Gasteiger charge is -2.38. The summed E-state index contributed by atoms with van der Waals surface area (Å²) in [5, 5.41) is 20.1. The number of hydrogen-bond acceptors (Lipinski definition) is 5. The Kier molecular flexibility index (Phi) is 6.69. The van der Waals surface area contributed by atoms with Crippen molar-refractivity contribution in [3.05, 3.63) is 39.9 Å². The Morgan fingerprint density at radius 3 is 2.62 bits per heavy atom. The molecule has 7 heteroatoms. The van der Waals surface area contributed by atoms with Crippen LogP contribution in [0.15, 0.2) is 24.3 Å². The van der Waals surface area contributed by atoms with E-state index in [1.54, 1.807) is 6.07 Å². The number of benzene rings is 1. The number of piperazine rings is 1. The smallest absolute Gasteiger partial charge is 0.269 e. The molecule has 1 fully saturated rings. The van der Waals surface area contributed by atoms with Crippen LogP contribution in [-0.2, 0) is 11.2 Å². The molecule has 1 amide bonds. The molecule has 0 saturated carbocycles. The van der Waals surface area contributed by atoms with Gasteiger partial charge in [0.05, 0.1) is 11.5 Å². The highest BCUT2D eigenvalue weighted by Gasteiger charge is 2.24. The molecular formula is C17H25N3O4. The van der Waals surface area contributed by atoms with Gasteiger partial charge in [0.15, 0.2) is 0 Å². The van der Waals surface area contributed by atoms with Gasteiger partial charge >= 0.3 is 0 Å². The van der Waals surface area contributed by atoms with E-state index in [0.29, 0.717) is 25.9 Å². The maximum absolute atomic E-state index is 12.3. The molecule has 0 spiro atoms. The average Bonchev–Trinajstić information content (AvgIpc) is 2.61. The first kappa shape index (κ1) is 18.4. The molecule has 1 aromatic rings. The molecule has 1 unspecified atom stereocenters. The monoisotopic (exact) mass is 335 g/mol. The van der Waals surface area contributed by atoms with Crippen LogP contribution in [0.2, 0.25) is 0 Å². The highest BCUT2D eigenvalue weighted by Crippen LogP contribution is 2.15. The lowest BCUT2D eigenvalue weighted by atomic mass is 10.1. The van der Waals surface area contributed by atoms with Crippen molar-refractivity contribution >= 4 is 11.6 Å². The van der Waals surface area contributed by atoms with Crippen LogP contribution in [-0.4, -0.2) is 64.6 Å². The summed E-state index contributed by atoms with van der Waals surface area (Å²) in [6.07, 6.45) is 1.77. The maximum Gasteiger partial charge on any atom is 0.269 e. The summed E-state index contributed by atoms with van der Waals surface area (Å²) in [5.74, 6) is 0.0817. The molecular weight excluding hydrogens is 310 g/mol. The van der Waals surface area contributed by atoms with Gasteiger partial charge in [-0.25, -0.2) is 0 Å². The van der Waals surface area contributed by atoms with Gasteiger partial charge < -0.3 is 10.0 Å². The number of nitrogens with zero attached hydrogens (tertiary/aromatic N) is 3. The molecule has 1 N–H and O–H groups in total. The SMILES string of the molecule is CCC(CO)N1CCN(C(=O)CCc2cccc([N+](=O)[O-])c2)CC1. The summed E-state index contributed by atoms with van der Waals surface area (Å²) < 4.78 is 0. The molecule has 24 heavy (non-hydrogen) atoms. The number of nitro benzene ring substituents is 1. The Hall–Kier alpha value is -1.99. The fourth-order valence-electron chi connectivity index (χ4n) is 3.07. The number of nitro groups is 1. The number of carbonyl (C=O) groups excluding carboxylic acids is 1. The lowest BCUT2D eigenvalue weighted by molar-refractivity contribution is -0.384. The molecule has 1 aromatic carbocycles. The summed E-state index contributed by atoms with van der Waals surface area (Å²) >= 11 is 0. The third kappa shape index (κ3) is 4.75. The van der Waals surface area contributed by atoms with Gasteiger partial charge in [-0.2, -0.15) is 0 Å². The van der Waals surface area contributed by atoms with E-state index in [-0.39, 0.29) is 24.2 Å². The quantitative estimate of drug-likeness (QED) is 0.602. The van der Waals surface area contributed by atoms with Gasteiger partial charge in [-0.1, -0.05) is 19.1 Å². The minimum atomic E-state index is -0.421. The molecule has 0 radical (unpaired) electrons. The molecule has 1 aliphatic rings. The standard InChI is InChI=1S/C17H25N3O4/c1-2-15(13-21)18-8-10-19(11-9-18)17(22)7-6-14-4-3-5-16(12-14)20(23)24/h3-5,12,15,21H,2,6-11,13H2,1H3. The van der Waals surface area contributed by atoms with Crippen molar-refractivity contribution < 1.29 is 14.8 Å². The van der Waals surface area contributed by atoms with Crippen molar-refractivity contribution in [3.8, 4) is 0 Å². The number of non-ortho nitro benzene ring substituents is 1. The Balaban J connectivity index is 1.82. The van der Waals surface area contributed by atoms with Gasteiger partial charge in [0, 0.05) is 50.8 Å². The van der Waals surface area contributed by atoms with E-state index in [0.717, 1.165) is 25.1 Å². The largest absolute Gasteiger partial charge is 0.395 e. The first-order valence-corrected chi connectivity index (χ1v) is 8.41. The van der Waals surface area contributed by atoms with Gasteiger partial charge in [-0.05, 0) is 18.4 Å². The van der Waals surface area contributed by atoms with Crippen LogP contribution in [0.25, 0.3) is 0 Å². The van der Waals surface area contributed by atoms with Crippen LogP contribution >= 0.6 is 0 Å². The predicted octanol–water partition coefficient (Wildman–Crippen LogP) is 1.44. The minimum Gasteiger partial charge on any atom is -0.395 e. The van der Waals surface area contributed by atoms with Crippen LogP contribution in [0.4, 0.5) is 5.69 Å². The van der Waals surface area contributed by atoms with E-state index in [1.165, 1.54) is 12.1 Å². The van der Waals surface area contributed by atoms with Gasteiger partial charge in [0.25, 0.3) is 5.69 Å². The van der Waals surface area contributed by atoms with Crippen molar-refractivity contribution in [2.75, 3.05) is 32.8 Å². The second kappa shape index (κ2) is 8.75. The molecule has 1 atom stereocenters. The lowest BCUT2D eigenvalue weighted by Crippen LogP contribution is -2.52. The molecule has 0 aromatic heterocycles. The number of rotatable bonds is 7. The van der Waals surface area contributed by atoms with Crippen molar-refractivity contribution in [1.82, 2.24) is 9.80 Å². The van der Waals surface area contributed by atoms with Gasteiger partial charge in [-0.3, -0.25) is 19.8 Å². The third-order valence-electron chi connectivity index (χ3n) is 4.61. The fraction of sp³-hybridized carbons (Fsp3) is 0.588. The molecule has 0 aliphatic carbocycles. The number of aliphatic hydroxyl groups is 1. The van der Waals surface area contributed by atoms with Gasteiger partial charge in [-0.15, -0.1) is 0 Å². The van der Waals surface area contributed by atoms with Crippen LogP contribution < -0.4 is 0 Å². The van der Waals surface area contributed by atoms with Gasteiger partial charge in [0.2, 0.25) is 5.91 Å². The first-order valence-electron chi connectivity index (χ1n) is 8.41. The summed E-state index contributed by atoms with van der Waals surface area (Å²) in [4.78, 5) is 26.8. The van der Waals surface area contributed by atoms with E-state index in [1.807, 2.05) is 11.0 Å². The summed E-state index contributed by atoms with van der Waals surface area (Å²) in [6.45, 7) is 5.10. The molecule has 1 saturated heterocycles. The topological polar surface area (TPSA) is 86.9 Å². The number of carbonyl (C=O) groups is 1. The molecule has 132 valence electrons. The van der Waals surface area contributed by atoms with Crippen molar-refractivity contribution in [2.45, 2.75) is 32.2 Å². The number of amides is 1. The Bertz CT molecular complexity index is 567. The normalized spacial score (nSPS) is 16.8. The third-order valence-corrected chi connectivity index (χ3v) is 4.61. The van der Waals surface area contributed by atoms with E-state index < -0.39 is 4.92 Å². The highest BCUT2D eigenvalue weighted by atomic mass is 16.6. The second-order valence-electron chi connectivity index (χ2n) is 6.09. The zero-order valence-corrected chi connectivity index (χ0v) is 14.1. The van der Waals surface area contributed by atoms with Crippen LogP contribution in [0.1, 0.15) is 25.3 Å². The van der Waals surface area contributed by atoms with Crippen LogP contribution in [0.5, 0.6) is 0 Å². The zero-order chi connectivity index (χ0) is 17.5. The average molecular weight is 335 g/mol. The molecule has 1 aliphatic heterocycles. The van der Waals surface area contributed by atoms with E-state index in [9.17, 15) is 20.0 Å². The number of hydrogen-bond donors (Lipinski definition) is 1. The molecule has 2 rings (SSSR count). The summed E-state index contributed by atoms with van der Waals surface area (Å²) in [5.41, 5.74) is 0.866. The zero-order valence-electron chi connectivity index (χ0n) is 14.1. The first-order chi connectivity index (χ1) is 11.5. The predicted molar refractivity (Wildman–Crippen MR) is 90.7 cm³/mol. The highest BCUT2D eigenvalue weighted by molar-refractivity contribution is 5.76. The number of aryl methyl sites for hydroxylation is 1.